The van der Waals surface area contributed by atoms with Gasteiger partial charge in [0.05, 0.1) is 5.69 Å². The molecule has 0 aliphatic carbocycles. The minimum atomic E-state index is 0.0534. The Morgan fingerprint density at radius 3 is 2.38 bits per heavy atom. The number of carbonyl (C=O) groups excluding carboxylic acids is 1. The van der Waals surface area contributed by atoms with Crippen LogP contribution in [-0.2, 0) is 0 Å². The van der Waals surface area contributed by atoms with Gasteiger partial charge in [-0.15, -0.1) is 0 Å². The van der Waals surface area contributed by atoms with E-state index in [-0.39, 0.29) is 5.91 Å². The molecule has 0 saturated carbocycles. The predicted octanol–water partition coefficient (Wildman–Crippen LogP) is 4.53. The van der Waals surface area contributed by atoms with Crippen LogP contribution in [0.4, 0.5) is 0 Å². The molecule has 1 aromatic heterocycles. The summed E-state index contributed by atoms with van der Waals surface area (Å²) in [7, 11) is 0. The highest BCUT2D eigenvalue weighted by atomic mass is 16.2. The Morgan fingerprint density at radius 2 is 1.58 bits per heavy atom. The molecule has 0 unspecified atom stereocenters. The second kappa shape index (κ2) is 6.44. The third-order valence-electron chi connectivity index (χ3n) is 4.65. The van der Waals surface area contributed by atoms with E-state index in [2.05, 4.69) is 12.1 Å². The summed E-state index contributed by atoms with van der Waals surface area (Å²) in [6.07, 6.45) is 3.39. The van der Waals surface area contributed by atoms with Gasteiger partial charge >= 0.3 is 0 Å². The standard InChI is InChI=1S/C21H20N2O/c24-21(23-13-7-2-8-14-23)19-15-17-11-5-6-12-18(17)20(22-19)16-9-3-1-4-10-16/h1,3-6,9-12,15H,2,7-8,13-14H2. The first kappa shape index (κ1) is 14.9. The molecule has 0 bridgehead atoms. The number of aromatic nitrogens is 1. The first-order chi connectivity index (χ1) is 11.8. The number of piperidine rings is 1. The van der Waals surface area contributed by atoms with E-state index in [1.807, 2.05) is 53.4 Å². The van der Waals surface area contributed by atoms with Crippen molar-refractivity contribution in [1.29, 1.82) is 0 Å². The van der Waals surface area contributed by atoms with Gasteiger partial charge in [0.2, 0.25) is 0 Å². The van der Waals surface area contributed by atoms with Gasteiger partial charge in [0.15, 0.2) is 0 Å². The topological polar surface area (TPSA) is 33.2 Å². The van der Waals surface area contributed by atoms with Gasteiger partial charge in [0.25, 0.3) is 5.91 Å². The van der Waals surface area contributed by atoms with Crippen LogP contribution >= 0.6 is 0 Å². The lowest BCUT2D eigenvalue weighted by Crippen LogP contribution is -2.36. The zero-order valence-electron chi connectivity index (χ0n) is 13.6. The first-order valence-electron chi connectivity index (χ1n) is 8.57. The highest BCUT2D eigenvalue weighted by Crippen LogP contribution is 2.28. The van der Waals surface area contributed by atoms with Crippen LogP contribution in [0.3, 0.4) is 0 Å². The van der Waals surface area contributed by atoms with E-state index < -0.39 is 0 Å². The lowest BCUT2D eigenvalue weighted by molar-refractivity contribution is 0.0718. The molecule has 2 heterocycles. The second-order valence-electron chi connectivity index (χ2n) is 6.30. The molecule has 3 aromatic rings. The van der Waals surface area contributed by atoms with Crippen molar-refractivity contribution in [2.45, 2.75) is 19.3 Å². The van der Waals surface area contributed by atoms with Gasteiger partial charge in [-0.05, 0) is 30.7 Å². The molecule has 24 heavy (non-hydrogen) atoms. The fourth-order valence-corrected chi connectivity index (χ4v) is 3.38. The molecule has 4 rings (SSSR count). The number of rotatable bonds is 2. The molecule has 3 nitrogen and oxygen atoms in total. The number of hydrogen-bond acceptors (Lipinski definition) is 2. The summed E-state index contributed by atoms with van der Waals surface area (Å²) in [5.74, 6) is 0.0534. The van der Waals surface area contributed by atoms with Crippen LogP contribution in [-0.4, -0.2) is 28.9 Å². The molecule has 3 heteroatoms. The van der Waals surface area contributed by atoms with E-state index in [4.69, 9.17) is 4.98 Å². The SMILES string of the molecule is O=C(c1cc2ccccc2c(-c2ccccc2)n1)N1CCCCC1. The van der Waals surface area contributed by atoms with E-state index in [9.17, 15) is 4.79 Å². The lowest BCUT2D eigenvalue weighted by atomic mass is 10.0. The molecule has 1 fully saturated rings. The number of likely N-dealkylation sites (tertiary alicyclic amines) is 1. The van der Waals surface area contributed by atoms with Crippen molar-refractivity contribution in [2.24, 2.45) is 0 Å². The molecule has 2 aromatic carbocycles. The Labute approximate surface area is 141 Å². The maximum atomic E-state index is 12.9. The minimum Gasteiger partial charge on any atom is -0.337 e. The van der Waals surface area contributed by atoms with Crippen LogP contribution in [0.5, 0.6) is 0 Å². The summed E-state index contributed by atoms with van der Waals surface area (Å²) in [6, 6.07) is 20.2. The van der Waals surface area contributed by atoms with E-state index >= 15 is 0 Å². The molecule has 0 radical (unpaired) electrons. The largest absolute Gasteiger partial charge is 0.337 e. The summed E-state index contributed by atoms with van der Waals surface area (Å²) < 4.78 is 0. The summed E-state index contributed by atoms with van der Waals surface area (Å²) in [4.78, 5) is 19.6. The summed E-state index contributed by atoms with van der Waals surface area (Å²) in [6.45, 7) is 1.68. The van der Waals surface area contributed by atoms with Crippen molar-refractivity contribution in [3.05, 3.63) is 66.4 Å². The van der Waals surface area contributed by atoms with Crippen LogP contribution in [0.1, 0.15) is 29.8 Å². The second-order valence-corrected chi connectivity index (χ2v) is 6.30. The zero-order chi connectivity index (χ0) is 16.4. The van der Waals surface area contributed by atoms with Gasteiger partial charge in [-0.25, -0.2) is 4.98 Å². The van der Waals surface area contributed by atoms with Crippen molar-refractivity contribution in [1.82, 2.24) is 9.88 Å². The normalized spacial score (nSPS) is 14.8. The quantitative estimate of drug-likeness (QED) is 0.696. The van der Waals surface area contributed by atoms with Gasteiger partial charge in [-0.2, -0.15) is 0 Å². The Morgan fingerprint density at radius 1 is 0.875 bits per heavy atom. The fraction of sp³-hybridized carbons (Fsp3) is 0.238. The average Bonchev–Trinajstić information content (AvgIpc) is 2.68. The first-order valence-corrected chi connectivity index (χ1v) is 8.57. The monoisotopic (exact) mass is 316 g/mol. The average molecular weight is 316 g/mol. The molecule has 1 aliphatic heterocycles. The predicted molar refractivity (Wildman–Crippen MR) is 96.9 cm³/mol. The molecule has 0 spiro atoms. The summed E-state index contributed by atoms with van der Waals surface area (Å²) >= 11 is 0. The number of nitrogens with zero attached hydrogens (tertiary/aromatic N) is 2. The number of hydrogen-bond donors (Lipinski definition) is 0. The van der Waals surface area contributed by atoms with Gasteiger partial charge in [-0.1, -0.05) is 54.6 Å². The summed E-state index contributed by atoms with van der Waals surface area (Å²) in [5.41, 5.74) is 2.48. The van der Waals surface area contributed by atoms with Crippen LogP contribution in [0.25, 0.3) is 22.0 Å². The summed E-state index contributed by atoms with van der Waals surface area (Å²) in [5, 5.41) is 2.14. The molecule has 0 N–H and O–H groups in total. The molecular weight excluding hydrogens is 296 g/mol. The van der Waals surface area contributed by atoms with Crippen molar-refractivity contribution < 1.29 is 4.79 Å². The maximum Gasteiger partial charge on any atom is 0.272 e. The van der Waals surface area contributed by atoms with Gasteiger partial charge in [-0.3, -0.25) is 4.79 Å². The van der Waals surface area contributed by atoms with Crippen LogP contribution in [0.15, 0.2) is 60.7 Å². The van der Waals surface area contributed by atoms with Crippen molar-refractivity contribution in [2.75, 3.05) is 13.1 Å². The smallest absolute Gasteiger partial charge is 0.272 e. The molecule has 1 aliphatic rings. The molecule has 1 saturated heterocycles. The lowest BCUT2D eigenvalue weighted by Gasteiger charge is -2.26. The Kier molecular flexibility index (Phi) is 3.99. The highest BCUT2D eigenvalue weighted by molar-refractivity contribution is 6.01. The molecule has 0 atom stereocenters. The Hall–Kier alpha value is -2.68. The number of benzene rings is 2. The Balaban J connectivity index is 1.84. The maximum absolute atomic E-state index is 12.9. The van der Waals surface area contributed by atoms with E-state index in [1.165, 1.54) is 6.42 Å². The fourth-order valence-electron chi connectivity index (χ4n) is 3.38. The van der Waals surface area contributed by atoms with E-state index in [0.717, 1.165) is 48.0 Å². The minimum absolute atomic E-state index is 0.0534. The third-order valence-corrected chi connectivity index (χ3v) is 4.65. The molecule has 120 valence electrons. The number of pyridine rings is 1. The van der Waals surface area contributed by atoms with Gasteiger partial charge in [0.1, 0.15) is 5.69 Å². The van der Waals surface area contributed by atoms with E-state index in [0.29, 0.717) is 5.69 Å². The highest BCUT2D eigenvalue weighted by Gasteiger charge is 2.21. The molecule has 1 amide bonds. The molecular formula is C21H20N2O. The number of amides is 1. The van der Waals surface area contributed by atoms with Crippen molar-refractivity contribution in [3.63, 3.8) is 0 Å². The Bertz CT molecular complexity index is 867. The zero-order valence-corrected chi connectivity index (χ0v) is 13.6. The van der Waals surface area contributed by atoms with Crippen LogP contribution in [0, 0.1) is 0 Å². The van der Waals surface area contributed by atoms with Crippen molar-refractivity contribution in [3.8, 4) is 11.3 Å². The van der Waals surface area contributed by atoms with Crippen LogP contribution < -0.4 is 0 Å². The van der Waals surface area contributed by atoms with Crippen molar-refractivity contribution >= 4 is 16.7 Å². The third kappa shape index (κ3) is 2.78. The van der Waals surface area contributed by atoms with Crippen LogP contribution in [0.2, 0.25) is 0 Å². The van der Waals surface area contributed by atoms with Gasteiger partial charge < -0.3 is 4.90 Å². The van der Waals surface area contributed by atoms with E-state index in [1.54, 1.807) is 0 Å². The number of fused-ring (bicyclic) bond motifs is 1. The number of carbonyl (C=O) groups is 1. The van der Waals surface area contributed by atoms with Gasteiger partial charge in [0, 0.05) is 24.0 Å².